The summed E-state index contributed by atoms with van der Waals surface area (Å²) in [5.41, 5.74) is 0. The molecule has 4 nitrogen and oxygen atoms in total. The van der Waals surface area contributed by atoms with E-state index in [0.29, 0.717) is 36.0 Å². The molecule has 4 aliphatic heterocycles. The molecule has 0 radical (unpaired) electrons. The second-order valence-electron chi connectivity index (χ2n) is 8.76. The highest BCUT2D eigenvalue weighted by Crippen LogP contribution is 2.36. The minimum absolute atomic E-state index is 0.452. The van der Waals surface area contributed by atoms with Crippen molar-refractivity contribution in [1.29, 1.82) is 0 Å². The Kier molecular flexibility index (Phi) is 6.68. The van der Waals surface area contributed by atoms with Crippen LogP contribution in [0, 0.1) is 11.8 Å². The lowest BCUT2D eigenvalue weighted by Gasteiger charge is -2.49. The minimum atomic E-state index is 0.452. The molecule has 4 aliphatic rings. The predicted molar refractivity (Wildman–Crippen MR) is 109 cm³/mol. The monoisotopic (exact) mass is 358 g/mol. The molecule has 4 heteroatoms. The Morgan fingerprint density at radius 1 is 0.615 bits per heavy atom. The zero-order chi connectivity index (χ0) is 17.6. The first-order valence-electron chi connectivity index (χ1n) is 11.2. The van der Waals surface area contributed by atoms with Gasteiger partial charge in [-0.2, -0.15) is 0 Å². The Labute approximate surface area is 159 Å². The second kappa shape index (κ2) is 9.38. The number of hydrogen-bond donors (Lipinski definition) is 4. The zero-order valence-electron chi connectivity index (χ0n) is 16.3. The molecule has 5 unspecified atom stereocenters. The van der Waals surface area contributed by atoms with E-state index in [0.717, 1.165) is 0 Å². The molecular formula is C22H38N4. The SMILES string of the molecule is C1=CNC(C(C2CCCCN2)C(C2CCCCN2)C2CCCCN2)C=C1. The molecule has 4 heterocycles. The van der Waals surface area contributed by atoms with Crippen LogP contribution in [-0.2, 0) is 0 Å². The quantitative estimate of drug-likeness (QED) is 0.610. The fraction of sp³-hybridized carbons (Fsp3) is 0.818. The molecule has 0 spiro atoms. The largest absolute Gasteiger partial charge is 0.384 e. The van der Waals surface area contributed by atoms with E-state index in [1.54, 1.807) is 0 Å². The van der Waals surface area contributed by atoms with Gasteiger partial charge in [0.2, 0.25) is 0 Å². The van der Waals surface area contributed by atoms with Crippen molar-refractivity contribution >= 4 is 0 Å². The zero-order valence-corrected chi connectivity index (χ0v) is 16.3. The van der Waals surface area contributed by atoms with Crippen molar-refractivity contribution < 1.29 is 0 Å². The van der Waals surface area contributed by atoms with E-state index in [2.05, 4.69) is 45.7 Å². The van der Waals surface area contributed by atoms with Crippen molar-refractivity contribution in [3.05, 3.63) is 24.4 Å². The molecule has 5 atom stereocenters. The fourth-order valence-corrected chi connectivity index (χ4v) is 5.90. The molecule has 0 aromatic heterocycles. The number of nitrogens with one attached hydrogen (secondary N) is 4. The van der Waals surface area contributed by atoms with Gasteiger partial charge in [0.15, 0.2) is 0 Å². The highest BCUT2D eigenvalue weighted by atomic mass is 15.0. The molecule has 26 heavy (non-hydrogen) atoms. The highest BCUT2D eigenvalue weighted by Gasteiger charge is 2.43. The normalized spacial score (nSPS) is 37.7. The Balaban J connectivity index is 1.61. The van der Waals surface area contributed by atoms with Gasteiger partial charge in [0.1, 0.15) is 0 Å². The molecular weight excluding hydrogens is 320 g/mol. The van der Waals surface area contributed by atoms with E-state index in [-0.39, 0.29) is 0 Å². The summed E-state index contributed by atoms with van der Waals surface area (Å²) in [6, 6.07) is 2.41. The summed E-state index contributed by atoms with van der Waals surface area (Å²) in [7, 11) is 0. The Hall–Kier alpha value is -0.840. The van der Waals surface area contributed by atoms with Crippen LogP contribution in [0.5, 0.6) is 0 Å². The minimum Gasteiger partial charge on any atom is -0.384 e. The van der Waals surface area contributed by atoms with Crippen LogP contribution in [-0.4, -0.2) is 43.8 Å². The maximum absolute atomic E-state index is 3.94. The van der Waals surface area contributed by atoms with E-state index >= 15 is 0 Å². The summed E-state index contributed by atoms with van der Waals surface area (Å²) in [5.74, 6) is 1.34. The maximum Gasteiger partial charge on any atom is 0.0488 e. The molecule has 0 saturated carbocycles. The lowest BCUT2D eigenvalue weighted by Crippen LogP contribution is -2.61. The molecule has 0 aliphatic carbocycles. The van der Waals surface area contributed by atoms with Crippen molar-refractivity contribution in [2.45, 2.75) is 82.0 Å². The standard InChI is InChI=1S/C22H38N4/c1-5-13-23-17(9-1)21(18-10-2-6-14-24-18)22(19-11-3-7-15-25-19)20-12-4-8-16-26-20/h1,5,9,13,17-26H,2-4,6-8,10-12,14-16H2. The molecule has 0 aromatic rings. The third kappa shape index (κ3) is 4.35. The average Bonchev–Trinajstić information content (AvgIpc) is 2.74. The van der Waals surface area contributed by atoms with Crippen LogP contribution in [0.15, 0.2) is 24.4 Å². The summed E-state index contributed by atoms with van der Waals surface area (Å²) in [5, 5.41) is 15.5. The number of piperidine rings is 3. The third-order valence-electron chi connectivity index (χ3n) is 7.11. The van der Waals surface area contributed by atoms with Gasteiger partial charge in [0.05, 0.1) is 0 Å². The first kappa shape index (κ1) is 18.5. The van der Waals surface area contributed by atoms with Crippen molar-refractivity contribution in [3.8, 4) is 0 Å². The molecule has 3 saturated heterocycles. The molecule has 4 rings (SSSR count). The van der Waals surface area contributed by atoms with E-state index in [1.165, 1.54) is 77.4 Å². The summed E-state index contributed by atoms with van der Waals surface area (Å²) in [6.45, 7) is 3.59. The summed E-state index contributed by atoms with van der Waals surface area (Å²) < 4.78 is 0. The van der Waals surface area contributed by atoms with Gasteiger partial charge in [0, 0.05) is 30.1 Å². The maximum atomic E-state index is 3.94. The number of allylic oxidation sites excluding steroid dienone is 2. The van der Waals surface area contributed by atoms with Crippen LogP contribution in [0.25, 0.3) is 0 Å². The van der Waals surface area contributed by atoms with E-state index in [4.69, 9.17) is 0 Å². The van der Waals surface area contributed by atoms with Crippen molar-refractivity contribution in [3.63, 3.8) is 0 Å². The predicted octanol–water partition coefficient (Wildman–Crippen LogP) is 2.69. The lowest BCUT2D eigenvalue weighted by atomic mass is 9.68. The molecule has 0 bridgehead atoms. The van der Waals surface area contributed by atoms with Crippen molar-refractivity contribution in [1.82, 2.24) is 21.3 Å². The average molecular weight is 359 g/mol. The van der Waals surface area contributed by atoms with Crippen molar-refractivity contribution in [2.75, 3.05) is 19.6 Å². The fourth-order valence-electron chi connectivity index (χ4n) is 5.90. The van der Waals surface area contributed by atoms with E-state index in [1.807, 2.05) is 0 Å². The smallest absolute Gasteiger partial charge is 0.0488 e. The number of rotatable bonds is 5. The first-order chi connectivity index (χ1) is 12.9. The molecule has 0 aromatic carbocycles. The lowest BCUT2D eigenvalue weighted by molar-refractivity contribution is 0.0945. The molecule has 4 N–H and O–H groups in total. The van der Waals surface area contributed by atoms with Gasteiger partial charge in [-0.05, 0) is 76.4 Å². The number of hydrogen-bond acceptors (Lipinski definition) is 4. The van der Waals surface area contributed by atoms with Gasteiger partial charge in [-0.15, -0.1) is 0 Å². The van der Waals surface area contributed by atoms with Gasteiger partial charge in [-0.1, -0.05) is 31.4 Å². The highest BCUT2D eigenvalue weighted by molar-refractivity contribution is 5.16. The first-order valence-corrected chi connectivity index (χ1v) is 11.2. The van der Waals surface area contributed by atoms with Crippen LogP contribution in [0.2, 0.25) is 0 Å². The van der Waals surface area contributed by atoms with Gasteiger partial charge in [-0.3, -0.25) is 0 Å². The van der Waals surface area contributed by atoms with Gasteiger partial charge < -0.3 is 21.3 Å². The van der Waals surface area contributed by atoms with E-state index in [9.17, 15) is 0 Å². The third-order valence-corrected chi connectivity index (χ3v) is 7.11. The summed E-state index contributed by atoms with van der Waals surface area (Å²) in [4.78, 5) is 0. The van der Waals surface area contributed by atoms with Gasteiger partial charge >= 0.3 is 0 Å². The van der Waals surface area contributed by atoms with Crippen LogP contribution >= 0.6 is 0 Å². The Morgan fingerprint density at radius 2 is 1.15 bits per heavy atom. The molecule has 3 fully saturated rings. The van der Waals surface area contributed by atoms with Gasteiger partial charge in [-0.25, -0.2) is 0 Å². The van der Waals surface area contributed by atoms with E-state index < -0.39 is 0 Å². The number of dihydropyridines is 1. The topological polar surface area (TPSA) is 48.1 Å². The summed E-state index contributed by atoms with van der Waals surface area (Å²) >= 11 is 0. The van der Waals surface area contributed by atoms with Crippen LogP contribution in [0.1, 0.15) is 57.8 Å². The molecule has 146 valence electrons. The Bertz CT molecular complexity index is 453. The van der Waals surface area contributed by atoms with Crippen LogP contribution < -0.4 is 21.3 Å². The van der Waals surface area contributed by atoms with Crippen molar-refractivity contribution in [2.24, 2.45) is 11.8 Å². The van der Waals surface area contributed by atoms with Gasteiger partial charge in [0.25, 0.3) is 0 Å². The van der Waals surface area contributed by atoms with Crippen LogP contribution in [0.4, 0.5) is 0 Å². The second-order valence-corrected chi connectivity index (χ2v) is 8.76. The molecule has 0 amide bonds. The Morgan fingerprint density at radius 3 is 1.58 bits per heavy atom. The van der Waals surface area contributed by atoms with Crippen LogP contribution in [0.3, 0.4) is 0 Å². The summed E-state index contributed by atoms with van der Waals surface area (Å²) in [6.07, 6.45) is 21.2.